The maximum atomic E-state index is 12.0. The van der Waals surface area contributed by atoms with Gasteiger partial charge in [-0.05, 0) is 24.1 Å². The third kappa shape index (κ3) is 3.79. The molecule has 2 rings (SSSR count). The highest BCUT2D eigenvalue weighted by molar-refractivity contribution is 7.17. The number of hydrazone groups is 1. The fourth-order valence-electron chi connectivity index (χ4n) is 1.73. The average Bonchev–Trinajstić information content (AvgIpc) is 2.88. The summed E-state index contributed by atoms with van der Waals surface area (Å²) < 4.78 is 5.12. The predicted octanol–water partition coefficient (Wildman–Crippen LogP) is 2.06. The average molecular weight is 304 g/mol. The number of hydrogen-bond donors (Lipinski definition) is 2. The monoisotopic (exact) mass is 304 g/mol. The molecule has 110 valence electrons. The van der Waals surface area contributed by atoms with Crippen LogP contribution in [0.1, 0.15) is 27.9 Å². The van der Waals surface area contributed by atoms with Gasteiger partial charge in [-0.3, -0.25) is 4.79 Å². The quantitative estimate of drug-likeness (QED) is 0.653. The van der Waals surface area contributed by atoms with E-state index in [0.29, 0.717) is 22.1 Å². The SMILES string of the molecule is CCc1nc(N)sc1C(=O)NN=Cc1cccc(OC)c1. The lowest BCUT2D eigenvalue weighted by atomic mass is 10.2. The summed E-state index contributed by atoms with van der Waals surface area (Å²) in [6, 6.07) is 7.36. The van der Waals surface area contributed by atoms with Gasteiger partial charge in [-0.15, -0.1) is 0 Å². The van der Waals surface area contributed by atoms with E-state index < -0.39 is 0 Å². The zero-order chi connectivity index (χ0) is 15.2. The van der Waals surface area contributed by atoms with Crippen LogP contribution >= 0.6 is 11.3 Å². The van der Waals surface area contributed by atoms with Gasteiger partial charge in [-0.1, -0.05) is 30.4 Å². The molecule has 1 aromatic carbocycles. The largest absolute Gasteiger partial charge is 0.497 e. The molecule has 1 aromatic heterocycles. The van der Waals surface area contributed by atoms with Gasteiger partial charge >= 0.3 is 0 Å². The summed E-state index contributed by atoms with van der Waals surface area (Å²) in [5.41, 5.74) is 9.61. The lowest BCUT2D eigenvalue weighted by molar-refractivity contribution is 0.0958. The number of nitrogen functional groups attached to an aromatic ring is 1. The molecule has 0 saturated carbocycles. The van der Waals surface area contributed by atoms with E-state index in [1.807, 2.05) is 31.2 Å². The van der Waals surface area contributed by atoms with E-state index in [2.05, 4.69) is 15.5 Å². The van der Waals surface area contributed by atoms with E-state index in [9.17, 15) is 4.79 Å². The molecule has 0 aliphatic rings. The number of thiazole rings is 1. The number of ether oxygens (including phenoxy) is 1. The molecule has 0 radical (unpaired) electrons. The van der Waals surface area contributed by atoms with Crippen LogP contribution in [-0.2, 0) is 6.42 Å². The molecular formula is C14H16N4O2S. The fraction of sp³-hybridized carbons (Fsp3) is 0.214. The predicted molar refractivity (Wildman–Crippen MR) is 84.0 cm³/mol. The number of nitrogens with one attached hydrogen (secondary N) is 1. The molecule has 0 aliphatic carbocycles. The van der Waals surface area contributed by atoms with Crippen LogP contribution in [-0.4, -0.2) is 24.2 Å². The van der Waals surface area contributed by atoms with E-state index >= 15 is 0 Å². The van der Waals surface area contributed by atoms with Crippen molar-refractivity contribution in [2.75, 3.05) is 12.8 Å². The number of methoxy groups -OCH3 is 1. The third-order valence-electron chi connectivity index (χ3n) is 2.73. The van der Waals surface area contributed by atoms with Crippen LogP contribution in [0, 0.1) is 0 Å². The van der Waals surface area contributed by atoms with Crippen molar-refractivity contribution in [2.45, 2.75) is 13.3 Å². The van der Waals surface area contributed by atoms with Crippen molar-refractivity contribution >= 4 is 28.6 Å². The van der Waals surface area contributed by atoms with Gasteiger partial charge in [-0.25, -0.2) is 10.4 Å². The number of nitrogens with two attached hydrogens (primary N) is 1. The minimum Gasteiger partial charge on any atom is -0.497 e. The number of hydrogen-bond acceptors (Lipinski definition) is 6. The Morgan fingerprint density at radius 3 is 3.10 bits per heavy atom. The second kappa shape index (κ2) is 6.85. The minimum absolute atomic E-state index is 0.305. The lowest BCUT2D eigenvalue weighted by Gasteiger charge is -2.00. The van der Waals surface area contributed by atoms with Crippen molar-refractivity contribution in [1.82, 2.24) is 10.4 Å². The molecule has 0 aliphatic heterocycles. The molecule has 0 saturated heterocycles. The second-order valence-corrected chi connectivity index (χ2v) is 5.19. The van der Waals surface area contributed by atoms with E-state index in [1.54, 1.807) is 13.3 Å². The third-order valence-corrected chi connectivity index (χ3v) is 3.65. The van der Waals surface area contributed by atoms with Gasteiger partial charge in [-0.2, -0.15) is 5.10 Å². The van der Waals surface area contributed by atoms with Gasteiger partial charge in [0, 0.05) is 0 Å². The summed E-state index contributed by atoms with van der Waals surface area (Å²) in [4.78, 5) is 16.6. The number of amides is 1. The molecule has 0 unspecified atom stereocenters. The molecule has 21 heavy (non-hydrogen) atoms. The van der Waals surface area contributed by atoms with E-state index in [-0.39, 0.29) is 5.91 Å². The van der Waals surface area contributed by atoms with Gasteiger partial charge in [0.15, 0.2) is 5.13 Å². The molecule has 6 nitrogen and oxygen atoms in total. The standard InChI is InChI=1S/C14H16N4O2S/c1-3-11-12(21-14(15)17-11)13(19)18-16-8-9-5-4-6-10(7-9)20-2/h4-8H,3H2,1-2H3,(H2,15,17)(H,18,19). The van der Waals surface area contributed by atoms with Gasteiger partial charge in [0.05, 0.1) is 19.0 Å². The van der Waals surface area contributed by atoms with Crippen LogP contribution < -0.4 is 15.9 Å². The molecule has 0 spiro atoms. The summed E-state index contributed by atoms with van der Waals surface area (Å²) in [6.07, 6.45) is 2.20. The number of rotatable bonds is 5. The van der Waals surface area contributed by atoms with E-state index in [4.69, 9.17) is 10.5 Å². The van der Waals surface area contributed by atoms with Gasteiger partial charge in [0.2, 0.25) is 0 Å². The highest BCUT2D eigenvalue weighted by Gasteiger charge is 2.15. The first kappa shape index (κ1) is 15.0. The highest BCUT2D eigenvalue weighted by Crippen LogP contribution is 2.20. The first-order valence-electron chi connectivity index (χ1n) is 6.36. The Morgan fingerprint density at radius 2 is 2.38 bits per heavy atom. The van der Waals surface area contributed by atoms with E-state index in [1.165, 1.54) is 0 Å². The number of anilines is 1. The minimum atomic E-state index is -0.305. The molecule has 3 N–H and O–H groups in total. The second-order valence-electron chi connectivity index (χ2n) is 4.16. The van der Waals surface area contributed by atoms with Gasteiger partial charge in [0.25, 0.3) is 5.91 Å². The molecule has 0 fully saturated rings. The molecule has 2 aromatic rings. The fourth-order valence-corrected chi connectivity index (χ4v) is 2.54. The maximum Gasteiger partial charge on any atom is 0.283 e. The van der Waals surface area contributed by atoms with Gasteiger partial charge < -0.3 is 10.5 Å². The first-order valence-corrected chi connectivity index (χ1v) is 7.18. The summed E-state index contributed by atoms with van der Waals surface area (Å²) in [6.45, 7) is 1.92. The summed E-state index contributed by atoms with van der Waals surface area (Å²) in [5.74, 6) is 0.425. The molecule has 1 amide bonds. The topological polar surface area (TPSA) is 89.6 Å². The van der Waals surface area contributed by atoms with Crippen LogP contribution in [0.5, 0.6) is 5.75 Å². The Kier molecular flexibility index (Phi) is 4.89. The van der Waals surface area contributed by atoms with Crippen molar-refractivity contribution in [3.8, 4) is 5.75 Å². The lowest BCUT2D eigenvalue weighted by Crippen LogP contribution is -2.17. The number of aryl methyl sites for hydroxylation is 1. The molecular weight excluding hydrogens is 288 g/mol. The maximum absolute atomic E-state index is 12.0. The Bertz CT molecular complexity index is 667. The van der Waals surface area contributed by atoms with Crippen LogP contribution in [0.15, 0.2) is 29.4 Å². The zero-order valence-corrected chi connectivity index (χ0v) is 12.6. The summed E-state index contributed by atoms with van der Waals surface area (Å²) >= 11 is 1.16. The van der Waals surface area contributed by atoms with Crippen molar-refractivity contribution in [3.63, 3.8) is 0 Å². The number of carbonyl (C=O) groups excluding carboxylic acids is 1. The Balaban J connectivity index is 2.04. The van der Waals surface area contributed by atoms with Crippen molar-refractivity contribution in [1.29, 1.82) is 0 Å². The smallest absolute Gasteiger partial charge is 0.283 e. The highest BCUT2D eigenvalue weighted by atomic mass is 32.1. The van der Waals surface area contributed by atoms with E-state index in [0.717, 1.165) is 22.6 Å². The first-order chi connectivity index (χ1) is 10.1. The summed E-state index contributed by atoms with van der Waals surface area (Å²) in [5, 5.41) is 4.32. The number of aromatic nitrogens is 1. The zero-order valence-electron chi connectivity index (χ0n) is 11.8. The van der Waals surface area contributed by atoms with Gasteiger partial charge in [0.1, 0.15) is 10.6 Å². The molecule has 7 heteroatoms. The van der Waals surface area contributed by atoms with Crippen molar-refractivity contribution in [3.05, 3.63) is 40.4 Å². The number of nitrogens with zero attached hydrogens (tertiary/aromatic N) is 2. The van der Waals surface area contributed by atoms with Crippen molar-refractivity contribution in [2.24, 2.45) is 5.10 Å². The Morgan fingerprint density at radius 1 is 1.57 bits per heavy atom. The number of benzene rings is 1. The van der Waals surface area contributed by atoms with Crippen LogP contribution in [0.2, 0.25) is 0 Å². The van der Waals surface area contributed by atoms with Crippen LogP contribution in [0.4, 0.5) is 5.13 Å². The van der Waals surface area contributed by atoms with Crippen molar-refractivity contribution < 1.29 is 9.53 Å². The molecule has 0 atom stereocenters. The normalized spacial score (nSPS) is 10.8. The molecule has 0 bridgehead atoms. The Labute approximate surface area is 126 Å². The van der Waals surface area contributed by atoms with Crippen LogP contribution in [0.25, 0.3) is 0 Å². The molecule has 1 heterocycles. The summed E-state index contributed by atoms with van der Waals surface area (Å²) in [7, 11) is 1.60. The Hall–Kier alpha value is -2.41. The number of carbonyl (C=O) groups is 1. The van der Waals surface area contributed by atoms with Crippen LogP contribution in [0.3, 0.4) is 0 Å².